The Morgan fingerprint density at radius 2 is 1.96 bits per heavy atom. The minimum Gasteiger partial charge on any atom is -0.394 e. The zero-order valence-electron chi connectivity index (χ0n) is 15.4. The van der Waals surface area contributed by atoms with Crippen molar-refractivity contribution in [3.05, 3.63) is 42.0 Å². The molecule has 0 aliphatic carbocycles. The number of sulfonamides is 1. The molecule has 0 aromatic heterocycles. The van der Waals surface area contributed by atoms with Gasteiger partial charge in [0, 0.05) is 13.7 Å². The third kappa shape index (κ3) is 6.40. The summed E-state index contributed by atoms with van der Waals surface area (Å²) in [5.74, 6) is -0.211. The molecule has 1 aromatic rings. The average Bonchev–Trinajstić information content (AvgIpc) is 2.63. The Hall–Kier alpha value is -1.78. The van der Waals surface area contributed by atoms with E-state index in [4.69, 9.17) is 9.47 Å². The van der Waals surface area contributed by atoms with E-state index in [9.17, 15) is 18.3 Å². The Balaban J connectivity index is 1.99. The zero-order chi connectivity index (χ0) is 19.9. The Morgan fingerprint density at radius 3 is 2.59 bits per heavy atom. The van der Waals surface area contributed by atoms with Crippen LogP contribution in [0.2, 0.25) is 0 Å². The van der Waals surface area contributed by atoms with Gasteiger partial charge < -0.3 is 19.9 Å². The number of amides is 1. The summed E-state index contributed by atoms with van der Waals surface area (Å²) in [4.78, 5) is 12.0. The average molecular weight is 398 g/mol. The lowest BCUT2D eigenvalue weighted by Crippen LogP contribution is -2.49. The molecule has 9 heteroatoms. The molecule has 8 nitrogen and oxygen atoms in total. The summed E-state index contributed by atoms with van der Waals surface area (Å²) in [5.41, 5.74) is 0.953. The molecule has 3 atom stereocenters. The number of methoxy groups -OCH3 is 1. The highest BCUT2D eigenvalue weighted by Gasteiger charge is 2.31. The van der Waals surface area contributed by atoms with Crippen LogP contribution in [0.5, 0.6) is 0 Å². The minimum absolute atomic E-state index is 0.0775. The van der Waals surface area contributed by atoms with E-state index in [1.807, 2.05) is 6.92 Å². The molecule has 1 aliphatic heterocycles. The topological polar surface area (TPSA) is 114 Å². The minimum atomic E-state index is -3.76. The van der Waals surface area contributed by atoms with E-state index in [2.05, 4.69) is 10.0 Å². The summed E-state index contributed by atoms with van der Waals surface area (Å²) >= 11 is 0. The molecule has 0 spiro atoms. The normalized spacial score (nSPS) is 22.6. The number of aliphatic hydroxyl groups is 1. The van der Waals surface area contributed by atoms with Crippen molar-refractivity contribution in [1.29, 1.82) is 0 Å². The van der Waals surface area contributed by atoms with E-state index in [1.54, 1.807) is 31.4 Å². The quantitative estimate of drug-likeness (QED) is 0.402. The number of carbonyl (C=O) groups excluding carboxylic acids is 1. The number of benzene rings is 1. The number of aryl methyl sites for hydroxylation is 1. The van der Waals surface area contributed by atoms with E-state index in [0.29, 0.717) is 13.2 Å². The third-order valence-corrected chi connectivity index (χ3v) is 5.58. The predicted octanol–water partition coefficient (Wildman–Crippen LogP) is 0.111. The molecule has 0 saturated carbocycles. The fourth-order valence-corrected chi connectivity index (χ4v) is 3.84. The van der Waals surface area contributed by atoms with Gasteiger partial charge in [0.25, 0.3) is 0 Å². The number of aliphatic hydroxyl groups excluding tert-OH is 1. The zero-order valence-corrected chi connectivity index (χ0v) is 16.2. The lowest BCUT2D eigenvalue weighted by atomic mass is 10.1. The first-order valence-corrected chi connectivity index (χ1v) is 10.1. The summed E-state index contributed by atoms with van der Waals surface area (Å²) in [6.45, 7) is 2.30. The second-order valence-corrected chi connectivity index (χ2v) is 8.00. The molecule has 3 N–H and O–H groups in total. The van der Waals surface area contributed by atoms with Crippen molar-refractivity contribution in [3.8, 4) is 0 Å². The largest absolute Gasteiger partial charge is 0.394 e. The maximum Gasteiger partial charge on any atom is 0.241 e. The molecule has 1 heterocycles. The van der Waals surface area contributed by atoms with Gasteiger partial charge in [0.05, 0.1) is 36.7 Å². The van der Waals surface area contributed by atoms with Gasteiger partial charge >= 0.3 is 0 Å². The lowest BCUT2D eigenvalue weighted by Gasteiger charge is -2.31. The molecule has 2 rings (SSSR count). The van der Waals surface area contributed by atoms with Gasteiger partial charge in [-0.05, 0) is 19.1 Å². The van der Waals surface area contributed by atoms with Crippen LogP contribution < -0.4 is 10.0 Å². The molecule has 1 aliphatic rings. The van der Waals surface area contributed by atoms with Crippen molar-refractivity contribution in [2.75, 3.05) is 26.9 Å². The van der Waals surface area contributed by atoms with Gasteiger partial charge in [-0.25, -0.2) is 13.1 Å². The smallest absolute Gasteiger partial charge is 0.241 e. The Kier molecular flexibility index (Phi) is 7.93. The standard InChI is InChI=1S/C18H26N2O6S/c1-13-3-6-15(7-4-13)27(23,24)20-16-8-5-14(26-17(16)12-21)11-18(22)19-9-10-25-2/h3-8,14,16-17,20-21H,9-12H2,1-2H3,(H,19,22)/t14-,16-,17-/m1/s1. The van der Waals surface area contributed by atoms with Gasteiger partial charge in [-0.1, -0.05) is 29.8 Å². The van der Waals surface area contributed by atoms with Crippen LogP contribution in [-0.4, -0.2) is 64.5 Å². The van der Waals surface area contributed by atoms with Gasteiger partial charge in [-0.15, -0.1) is 0 Å². The molecule has 0 unspecified atom stereocenters. The molecule has 0 fully saturated rings. The van der Waals surface area contributed by atoms with E-state index in [1.165, 1.54) is 12.1 Å². The van der Waals surface area contributed by atoms with Gasteiger partial charge in [0.2, 0.25) is 15.9 Å². The summed E-state index contributed by atoms with van der Waals surface area (Å²) in [7, 11) is -2.22. The molecular formula is C18H26N2O6S. The molecular weight excluding hydrogens is 372 g/mol. The van der Waals surface area contributed by atoms with Crippen LogP contribution in [0.4, 0.5) is 0 Å². The van der Waals surface area contributed by atoms with E-state index in [0.717, 1.165) is 5.56 Å². The number of hydrogen-bond donors (Lipinski definition) is 3. The summed E-state index contributed by atoms with van der Waals surface area (Å²) in [6.07, 6.45) is 2.00. The van der Waals surface area contributed by atoms with E-state index < -0.39 is 28.3 Å². The van der Waals surface area contributed by atoms with Crippen LogP contribution in [0.25, 0.3) is 0 Å². The highest BCUT2D eigenvalue weighted by Crippen LogP contribution is 2.18. The van der Waals surface area contributed by atoms with E-state index >= 15 is 0 Å². The van der Waals surface area contributed by atoms with Crippen LogP contribution in [0.3, 0.4) is 0 Å². The number of ether oxygens (including phenoxy) is 2. The van der Waals surface area contributed by atoms with Gasteiger partial charge in [-0.3, -0.25) is 4.79 Å². The molecule has 1 aromatic carbocycles. The first-order chi connectivity index (χ1) is 12.9. The van der Waals surface area contributed by atoms with Gasteiger partial charge in [0.15, 0.2) is 0 Å². The van der Waals surface area contributed by atoms with Crippen LogP contribution in [0, 0.1) is 6.92 Å². The maximum atomic E-state index is 12.5. The van der Waals surface area contributed by atoms with Crippen LogP contribution in [0.15, 0.2) is 41.3 Å². The first kappa shape index (κ1) is 21.5. The SMILES string of the molecule is COCCNC(=O)C[C@H]1C=C[C@@H](NS(=O)(=O)c2ccc(C)cc2)[C@@H](CO)O1. The summed E-state index contributed by atoms with van der Waals surface area (Å²) < 4.78 is 38.1. The fraction of sp³-hybridized carbons (Fsp3) is 0.500. The number of rotatable bonds is 9. The van der Waals surface area contributed by atoms with Crippen LogP contribution in [0.1, 0.15) is 12.0 Å². The molecule has 0 bridgehead atoms. The van der Waals surface area contributed by atoms with Gasteiger partial charge in [-0.2, -0.15) is 0 Å². The molecule has 0 radical (unpaired) electrons. The second-order valence-electron chi connectivity index (χ2n) is 6.29. The van der Waals surface area contributed by atoms with Crippen molar-refractivity contribution >= 4 is 15.9 Å². The molecule has 0 saturated heterocycles. The summed E-state index contributed by atoms with van der Waals surface area (Å²) in [6, 6.07) is 5.74. The molecule has 150 valence electrons. The first-order valence-electron chi connectivity index (χ1n) is 8.65. The van der Waals surface area contributed by atoms with Crippen molar-refractivity contribution in [2.45, 2.75) is 36.5 Å². The van der Waals surface area contributed by atoms with Crippen molar-refractivity contribution < 1.29 is 27.8 Å². The second kappa shape index (κ2) is 9.95. The number of carbonyl (C=O) groups is 1. The number of nitrogens with one attached hydrogen (secondary N) is 2. The monoisotopic (exact) mass is 398 g/mol. The Morgan fingerprint density at radius 1 is 1.26 bits per heavy atom. The lowest BCUT2D eigenvalue weighted by molar-refractivity contribution is -0.125. The Labute approximate surface area is 159 Å². The highest BCUT2D eigenvalue weighted by molar-refractivity contribution is 7.89. The van der Waals surface area contributed by atoms with Crippen molar-refractivity contribution in [3.63, 3.8) is 0 Å². The highest BCUT2D eigenvalue weighted by atomic mass is 32.2. The third-order valence-electron chi connectivity index (χ3n) is 4.10. The van der Waals surface area contributed by atoms with E-state index in [-0.39, 0.29) is 23.8 Å². The number of hydrogen-bond acceptors (Lipinski definition) is 6. The predicted molar refractivity (Wildman–Crippen MR) is 99.7 cm³/mol. The van der Waals surface area contributed by atoms with Gasteiger partial charge in [0.1, 0.15) is 6.10 Å². The maximum absolute atomic E-state index is 12.5. The Bertz CT molecular complexity index is 748. The van der Waals surface area contributed by atoms with Crippen molar-refractivity contribution in [2.24, 2.45) is 0 Å². The molecule has 1 amide bonds. The van der Waals surface area contributed by atoms with Crippen molar-refractivity contribution in [1.82, 2.24) is 10.0 Å². The molecule has 27 heavy (non-hydrogen) atoms. The van der Waals surface area contributed by atoms with Crippen LogP contribution >= 0.6 is 0 Å². The fourth-order valence-electron chi connectivity index (χ4n) is 2.62. The summed E-state index contributed by atoms with van der Waals surface area (Å²) in [5, 5.41) is 12.3. The van der Waals surface area contributed by atoms with Crippen LogP contribution in [-0.2, 0) is 24.3 Å².